The van der Waals surface area contributed by atoms with Gasteiger partial charge in [0.15, 0.2) is 0 Å². The summed E-state index contributed by atoms with van der Waals surface area (Å²) in [7, 11) is 1.49. The molecular formula is C15H9FN2O2. The fraction of sp³-hybridized carbons (Fsp3) is 0.0667. The molecule has 0 aliphatic rings. The van der Waals surface area contributed by atoms with Crippen LogP contribution in [0.25, 0.3) is 0 Å². The third kappa shape index (κ3) is 2.68. The molecule has 0 saturated carbocycles. The highest BCUT2D eigenvalue weighted by Gasteiger charge is 2.09. The van der Waals surface area contributed by atoms with Crippen molar-refractivity contribution in [1.29, 1.82) is 10.5 Å². The minimum atomic E-state index is -0.675. The van der Waals surface area contributed by atoms with Crippen molar-refractivity contribution in [3.63, 3.8) is 0 Å². The average Bonchev–Trinajstić information content (AvgIpc) is 2.47. The number of hydrogen-bond donors (Lipinski definition) is 0. The summed E-state index contributed by atoms with van der Waals surface area (Å²) in [5, 5.41) is 17.7. The zero-order chi connectivity index (χ0) is 14.5. The van der Waals surface area contributed by atoms with Gasteiger partial charge < -0.3 is 9.47 Å². The lowest BCUT2D eigenvalue weighted by molar-refractivity contribution is 0.408. The number of methoxy groups -OCH3 is 1. The Hall–Kier alpha value is -3.05. The van der Waals surface area contributed by atoms with Crippen LogP contribution in [0.15, 0.2) is 36.4 Å². The van der Waals surface area contributed by atoms with Crippen LogP contribution in [-0.4, -0.2) is 7.11 Å². The van der Waals surface area contributed by atoms with Crippen LogP contribution in [0.2, 0.25) is 0 Å². The summed E-state index contributed by atoms with van der Waals surface area (Å²) in [5.41, 5.74) is 0.235. The molecular weight excluding hydrogens is 259 g/mol. The number of nitrogens with zero attached hydrogens (tertiary/aromatic N) is 2. The maximum atomic E-state index is 13.5. The highest BCUT2D eigenvalue weighted by atomic mass is 19.1. The first-order chi connectivity index (χ1) is 9.67. The molecule has 0 aromatic heterocycles. The Morgan fingerprint density at radius 2 is 1.60 bits per heavy atom. The van der Waals surface area contributed by atoms with Gasteiger partial charge in [0, 0.05) is 12.1 Å². The number of ether oxygens (including phenoxy) is 2. The molecule has 0 aliphatic carbocycles. The van der Waals surface area contributed by atoms with Gasteiger partial charge in [0.25, 0.3) is 0 Å². The Labute approximate surface area is 115 Å². The topological polar surface area (TPSA) is 66.0 Å². The van der Waals surface area contributed by atoms with Gasteiger partial charge in [-0.25, -0.2) is 4.39 Å². The molecule has 0 fully saturated rings. The van der Waals surface area contributed by atoms with Gasteiger partial charge in [-0.05, 0) is 24.3 Å². The first kappa shape index (κ1) is 13.4. The van der Waals surface area contributed by atoms with Gasteiger partial charge in [0.1, 0.15) is 35.2 Å². The fourth-order valence-electron chi connectivity index (χ4n) is 1.58. The molecule has 5 heteroatoms. The second-order valence-corrected chi connectivity index (χ2v) is 3.83. The van der Waals surface area contributed by atoms with E-state index in [9.17, 15) is 4.39 Å². The second-order valence-electron chi connectivity index (χ2n) is 3.83. The number of hydrogen-bond acceptors (Lipinski definition) is 4. The summed E-state index contributed by atoms with van der Waals surface area (Å²) in [4.78, 5) is 0. The quantitative estimate of drug-likeness (QED) is 0.855. The van der Waals surface area contributed by atoms with E-state index in [1.807, 2.05) is 6.07 Å². The Bertz CT molecular complexity index is 730. The Morgan fingerprint density at radius 3 is 2.20 bits per heavy atom. The first-order valence-corrected chi connectivity index (χ1v) is 5.63. The summed E-state index contributed by atoms with van der Waals surface area (Å²) in [6.45, 7) is 0. The minimum absolute atomic E-state index is 0.0662. The molecule has 2 aromatic rings. The predicted octanol–water partition coefficient (Wildman–Crippen LogP) is 3.37. The zero-order valence-electron chi connectivity index (χ0n) is 10.6. The molecule has 20 heavy (non-hydrogen) atoms. The van der Waals surface area contributed by atoms with Crippen LogP contribution in [-0.2, 0) is 0 Å². The van der Waals surface area contributed by atoms with E-state index >= 15 is 0 Å². The van der Waals surface area contributed by atoms with Crippen LogP contribution in [0.3, 0.4) is 0 Å². The van der Waals surface area contributed by atoms with E-state index in [-0.39, 0.29) is 17.1 Å². The number of rotatable bonds is 3. The van der Waals surface area contributed by atoms with Gasteiger partial charge in [-0.15, -0.1) is 0 Å². The highest BCUT2D eigenvalue weighted by molar-refractivity contribution is 5.49. The molecule has 2 aromatic carbocycles. The maximum Gasteiger partial charge on any atom is 0.148 e. The lowest BCUT2D eigenvalue weighted by Crippen LogP contribution is -1.92. The molecule has 4 nitrogen and oxygen atoms in total. The van der Waals surface area contributed by atoms with Crippen LogP contribution in [0, 0.1) is 28.5 Å². The van der Waals surface area contributed by atoms with E-state index in [1.54, 1.807) is 18.2 Å². The summed E-state index contributed by atoms with van der Waals surface area (Å²) >= 11 is 0. The highest BCUT2D eigenvalue weighted by Crippen LogP contribution is 2.29. The van der Waals surface area contributed by atoms with Crippen LogP contribution < -0.4 is 9.47 Å². The van der Waals surface area contributed by atoms with Gasteiger partial charge in [-0.3, -0.25) is 0 Å². The number of nitriles is 2. The van der Waals surface area contributed by atoms with Crippen molar-refractivity contribution in [2.75, 3.05) is 7.11 Å². The average molecular weight is 268 g/mol. The SMILES string of the molecule is COc1ccc(C#N)c(Oc2ccc(C#N)c(F)c2)c1. The maximum absolute atomic E-state index is 13.5. The normalized spacial score (nSPS) is 9.40. The molecule has 0 aliphatic heterocycles. The van der Waals surface area contributed by atoms with Gasteiger partial charge >= 0.3 is 0 Å². The molecule has 98 valence electrons. The number of benzene rings is 2. The van der Waals surface area contributed by atoms with Gasteiger partial charge in [0.2, 0.25) is 0 Å². The smallest absolute Gasteiger partial charge is 0.148 e. The lowest BCUT2D eigenvalue weighted by atomic mass is 10.2. The van der Waals surface area contributed by atoms with E-state index < -0.39 is 5.82 Å². The van der Waals surface area contributed by atoms with Gasteiger partial charge in [-0.2, -0.15) is 10.5 Å². The van der Waals surface area contributed by atoms with Gasteiger partial charge in [-0.1, -0.05) is 0 Å². The molecule has 2 rings (SSSR count). The molecule has 0 unspecified atom stereocenters. The van der Waals surface area contributed by atoms with Crippen LogP contribution in [0.5, 0.6) is 17.2 Å². The molecule has 0 amide bonds. The van der Waals surface area contributed by atoms with Crippen molar-refractivity contribution in [3.8, 4) is 29.4 Å². The zero-order valence-corrected chi connectivity index (χ0v) is 10.6. The van der Waals surface area contributed by atoms with Crippen molar-refractivity contribution >= 4 is 0 Å². The monoisotopic (exact) mass is 268 g/mol. The van der Waals surface area contributed by atoms with Crippen molar-refractivity contribution < 1.29 is 13.9 Å². The van der Waals surface area contributed by atoms with Gasteiger partial charge in [0.05, 0.1) is 18.2 Å². The first-order valence-electron chi connectivity index (χ1n) is 5.63. The van der Waals surface area contributed by atoms with Crippen molar-refractivity contribution in [2.45, 2.75) is 0 Å². The third-order valence-corrected chi connectivity index (χ3v) is 2.60. The second kappa shape index (κ2) is 5.73. The van der Waals surface area contributed by atoms with E-state index in [2.05, 4.69) is 0 Å². The Kier molecular flexibility index (Phi) is 3.83. The van der Waals surface area contributed by atoms with Crippen molar-refractivity contribution in [2.24, 2.45) is 0 Å². The predicted molar refractivity (Wildman–Crippen MR) is 68.9 cm³/mol. The number of halogens is 1. The van der Waals surface area contributed by atoms with Crippen molar-refractivity contribution in [3.05, 3.63) is 53.3 Å². The molecule has 0 spiro atoms. The van der Waals surface area contributed by atoms with E-state index in [1.165, 1.54) is 25.3 Å². The van der Waals surface area contributed by atoms with Crippen LogP contribution >= 0.6 is 0 Å². The van der Waals surface area contributed by atoms with Crippen molar-refractivity contribution in [1.82, 2.24) is 0 Å². The fourth-order valence-corrected chi connectivity index (χ4v) is 1.58. The van der Waals surface area contributed by atoms with E-state index in [4.69, 9.17) is 20.0 Å². The molecule has 0 bridgehead atoms. The summed E-state index contributed by atoms with van der Waals surface area (Å²) in [5.74, 6) is 0.307. The summed E-state index contributed by atoms with van der Waals surface area (Å²) < 4.78 is 24.0. The van der Waals surface area contributed by atoms with Crippen LogP contribution in [0.4, 0.5) is 4.39 Å². The molecule has 0 heterocycles. The molecule has 0 atom stereocenters. The summed E-state index contributed by atoms with van der Waals surface area (Å²) in [6.07, 6.45) is 0. The molecule has 0 N–H and O–H groups in total. The third-order valence-electron chi connectivity index (χ3n) is 2.60. The lowest BCUT2D eigenvalue weighted by Gasteiger charge is -2.09. The summed E-state index contributed by atoms with van der Waals surface area (Å²) in [6, 6.07) is 12.3. The van der Waals surface area contributed by atoms with E-state index in [0.29, 0.717) is 11.3 Å². The minimum Gasteiger partial charge on any atom is -0.497 e. The largest absolute Gasteiger partial charge is 0.497 e. The van der Waals surface area contributed by atoms with Crippen LogP contribution in [0.1, 0.15) is 11.1 Å². The Morgan fingerprint density at radius 1 is 0.950 bits per heavy atom. The molecule has 0 saturated heterocycles. The molecule has 0 radical (unpaired) electrons. The standard InChI is InChI=1S/C15H9FN2O2/c1-19-12-4-3-11(9-18)15(7-12)20-13-5-2-10(8-17)14(16)6-13/h2-7H,1H3. The Balaban J connectivity index is 2.37. The van der Waals surface area contributed by atoms with E-state index in [0.717, 1.165) is 6.07 Å².